The molecule has 0 bridgehead atoms. The first-order chi connectivity index (χ1) is 19.4. The van der Waals surface area contributed by atoms with Crippen LogP contribution < -0.4 is 5.32 Å². The van der Waals surface area contributed by atoms with Gasteiger partial charge in [0.1, 0.15) is 17.3 Å². The highest BCUT2D eigenvalue weighted by molar-refractivity contribution is 5.85. The topological polar surface area (TPSA) is 127 Å². The van der Waals surface area contributed by atoms with Gasteiger partial charge in [-0.3, -0.25) is 5.32 Å². The molecular formula is C29H32FN7O3. The molecule has 10 nitrogen and oxygen atoms in total. The molecule has 11 heteroatoms. The van der Waals surface area contributed by atoms with E-state index in [4.69, 9.17) is 18.9 Å². The van der Waals surface area contributed by atoms with Crippen molar-refractivity contribution >= 4 is 10.9 Å². The zero-order valence-electron chi connectivity index (χ0n) is 22.9. The Morgan fingerprint density at radius 3 is 2.73 bits per heavy atom. The fourth-order valence-electron chi connectivity index (χ4n) is 5.25. The number of benzene rings is 1. The van der Waals surface area contributed by atoms with E-state index in [2.05, 4.69) is 42.6 Å². The molecule has 0 saturated carbocycles. The summed E-state index contributed by atoms with van der Waals surface area (Å²) in [5.74, 6) is 1.38. The van der Waals surface area contributed by atoms with Crippen LogP contribution in [0.15, 0.2) is 47.0 Å². The van der Waals surface area contributed by atoms with Gasteiger partial charge in [0.25, 0.3) is 0 Å². The molecule has 208 valence electrons. The Bertz CT molecular complexity index is 1640. The lowest BCUT2D eigenvalue weighted by Gasteiger charge is -2.39. The number of aromatic amines is 2. The molecule has 4 aromatic heterocycles. The van der Waals surface area contributed by atoms with E-state index in [-0.39, 0.29) is 24.4 Å². The number of ether oxygens (including phenoxy) is 2. The number of rotatable bonds is 9. The monoisotopic (exact) mass is 545 g/mol. The number of pyridine rings is 1. The van der Waals surface area contributed by atoms with E-state index in [9.17, 15) is 4.39 Å². The van der Waals surface area contributed by atoms with Crippen molar-refractivity contribution in [3.8, 4) is 11.4 Å². The predicted octanol–water partition coefficient (Wildman–Crippen LogP) is 4.70. The number of fused-ring (bicyclic) bond motifs is 3. The van der Waals surface area contributed by atoms with E-state index in [0.717, 1.165) is 22.2 Å². The summed E-state index contributed by atoms with van der Waals surface area (Å²) >= 11 is 0. The van der Waals surface area contributed by atoms with Gasteiger partial charge < -0.3 is 23.9 Å². The molecule has 0 saturated heterocycles. The van der Waals surface area contributed by atoms with E-state index < -0.39 is 5.54 Å². The number of methoxy groups -OCH3 is 1. The highest BCUT2D eigenvalue weighted by Gasteiger charge is 2.49. The smallest absolute Gasteiger partial charge is 0.245 e. The van der Waals surface area contributed by atoms with Crippen molar-refractivity contribution in [3.63, 3.8) is 0 Å². The van der Waals surface area contributed by atoms with Crippen LogP contribution in [0.25, 0.3) is 22.3 Å². The average Bonchev–Trinajstić information content (AvgIpc) is 3.71. The molecule has 1 aliphatic heterocycles. The number of H-pyrrole nitrogens is 2. The number of hydrogen-bond donors (Lipinski definition) is 3. The summed E-state index contributed by atoms with van der Waals surface area (Å²) in [6, 6.07) is 11.0. The number of aryl methyl sites for hydroxylation is 1. The Kier molecular flexibility index (Phi) is 6.95. The maximum Gasteiger partial charge on any atom is 0.245 e. The standard InChI is InChI=1S/C29H32FN7O3/c1-16(2)27-36-37-28(40-27)29(15-39-12-11-38-4)25-19(18-7-5-6-8-21(18)33-25)13-23(35-29)26-31-14-24(34-26)22-10-9-20(30)17(3)32-22/h5-10,14,16,23,33,35H,11-13,15H2,1-4H3,(H,31,34)/t23-,29?/m1/s1. The quantitative estimate of drug-likeness (QED) is 0.228. The van der Waals surface area contributed by atoms with E-state index in [1.54, 1.807) is 26.3 Å². The fraction of sp³-hybridized carbons (Fsp3) is 0.379. The molecule has 0 fully saturated rings. The zero-order chi connectivity index (χ0) is 27.9. The number of hydrogen-bond acceptors (Lipinski definition) is 8. The molecule has 5 aromatic rings. The van der Waals surface area contributed by atoms with Crippen LogP contribution in [0.2, 0.25) is 0 Å². The molecule has 3 N–H and O–H groups in total. The van der Waals surface area contributed by atoms with Crippen molar-refractivity contribution in [2.45, 2.75) is 44.7 Å². The Labute approximate surface area is 230 Å². The lowest BCUT2D eigenvalue weighted by atomic mass is 9.83. The van der Waals surface area contributed by atoms with Crippen LogP contribution in [-0.2, 0) is 21.4 Å². The minimum Gasteiger partial charge on any atom is -0.422 e. The largest absolute Gasteiger partial charge is 0.422 e. The summed E-state index contributed by atoms with van der Waals surface area (Å²) < 4.78 is 31.5. The van der Waals surface area contributed by atoms with Crippen LogP contribution in [0.5, 0.6) is 0 Å². The molecular weight excluding hydrogens is 513 g/mol. The van der Waals surface area contributed by atoms with Crippen molar-refractivity contribution in [1.82, 2.24) is 35.5 Å². The van der Waals surface area contributed by atoms with Gasteiger partial charge in [0, 0.05) is 30.1 Å². The molecule has 2 atom stereocenters. The lowest BCUT2D eigenvalue weighted by Crippen LogP contribution is -2.53. The minimum absolute atomic E-state index is 0.0635. The zero-order valence-corrected chi connectivity index (χ0v) is 22.9. The summed E-state index contributed by atoms with van der Waals surface area (Å²) in [5.41, 5.74) is 3.61. The van der Waals surface area contributed by atoms with Gasteiger partial charge in [0.15, 0.2) is 5.54 Å². The second-order valence-corrected chi connectivity index (χ2v) is 10.4. The number of aromatic nitrogens is 6. The van der Waals surface area contributed by atoms with Crippen LogP contribution >= 0.6 is 0 Å². The molecule has 0 aliphatic carbocycles. The highest BCUT2D eigenvalue weighted by atomic mass is 19.1. The highest BCUT2D eigenvalue weighted by Crippen LogP contribution is 2.43. The van der Waals surface area contributed by atoms with Crippen molar-refractivity contribution < 1.29 is 18.3 Å². The van der Waals surface area contributed by atoms with Crippen LogP contribution in [0, 0.1) is 12.7 Å². The van der Waals surface area contributed by atoms with Crippen LogP contribution in [0.4, 0.5) is 4.39 Å². The van der Waals surface area contributed by atoms with Gasteiger partial charge in [-0.15, -0.1) is 10.2 Å². The van der Waals surface area contributed by atoms with E-state index >= 15 is 0 Å². The van der Waals surface area contributed by atoms with Crippen LogP contribution in [0.1, 0.15) is 60.4 Å². The lowest BCUT2D eigenvalue weighted by molar-refractivity contribution is 0.0269. The Hall–Kier alpha value is -3.93. The van der Waals surface area contributed by atoms with E-state index in [1.165, 1.54) is 6.07 Å². The van der Waals surface area contributed by atoms with Crippen LogP contribution in [0.3, 0.4) is 0 Å². The van der Waals surface area contributed by atoms with Crippen molar-refractivity contribution in [2.24, 2.45) is 0 Å². The van der Waals surface area contributed by atoms with Gasteiger partial charge in [-0.25, -0.2) is 14.4 Å². The second kappa shape index (κ2) is 10.6. The van der Waals surface area contributed by atoms with Gasteiger partial charge in [0.2, 0.25) is 11.8 Å². The normalized spacial score (nSPS) is 19.0. The SMILES string of the molecule is COCCOCC1(c2nnc(C(C)C)o2)N[C@@H](c2nc(-c3ccc(F)c(C)n3)c[nH]2)Cc2c1[nH]c1ccccc21. The van der Waals surface area contributed by atoms with Gasteiger partial charge in [-0.1, -0.05) is 32.0 Å². The van der Waals surface area contributed by atoms with Crippen molar-refractivity contribution in [2.75, 3.05) is 26.9 Å². The first kappa shape index (κ1) is 26.3. The average molecular weight is 546 g/mol. The third-order valence-corrected chi connectivity index (χ3v) is 7.33. The number of para-hydroxylation sites is 1. The molecule has 5 heterocycles. The molecule has 40 heavy (non-hydrogen) atoms. The van der Waals surface area contributed by atoms with Gasteiger partial charge in [-0.2, -0.15) is 0 Å². The van der Waals surface area contributed by atoms with Crippen molar-refractivity contribution in [1.29, 1.82) is 0 Å². The summed E-state index contributed by atoms with van der Waals surface area (Å²) in [6.07, 6.45) is 2.44. The van der Waals surface area contributed by atoms with E-state index in [1.807, 2.05) is 26.0 Å². The summed E-state index contributed by atoms with van der Waals surface area (Å²) in [4.78, 5) is 16.2. The van der Waals surface area contributed by atoms with Crippen LogP contribution in [-0.4, -0.2) is 57.1 Å². The third kappa shape index (κ3) is 4.59. The first-order valence-electron chi connectivity index (χ1n) is 13.4. The van der Waals surface area contributed by atoms with E-state index in [0.29, 0.717) is 54.3 Å². The molecule has 1 unspecified atom stereocenters. The molecule has 0 amide bonds. The maximum atomic E-state index is 13.9. The Morgan fingerprint density at radius 2 is 1.95 bits per heavy atom. The first-order valence-corrected chi connectivity index (χ1v) is 13.4. The Balaban J connectivity index is 1.47. The third-order valence-electron chi connectivity index (χ3n) is 7.33. The fourth-order valence-corrected chi connectivity index (χ4v) is 5.25. The molecule has 1 aromatic carbocycles. The Morgan fingerprint density at radius 1 is 1.10 bits per heavy atom. The predicted molar refractivity (Wildman–Crippen MR) is 146 cm³/mol. The van der Waals surface area contributed by atoms with Crippen molar-refractivity contribution in [3.05, 3.63) is 83.0 Å². The van der Waals surface area contributed by atoms with Gasteiger partial charge in [-0.05, 0) is 37.1 Å². The summed E-state index contributed by atoms with van der Waals surface area (Å²) in [6.45, 7) is 6.73. The second-order valence-electron chi connectivity index (χ2n) is 10.4. The van der Waals surface area contributed by atoms with Gasteiger partial charge >= 0.3 is 0 Å². The minimum atomic E-state index is -0.983. The summed E-state index contributed by atoms with van der Waals surface area (Å²) in [5, 5.41) is 13.7. The molecule has 1 aliphatic rings. The maximum absolute atomic E-state index is 13.9. The molecule has 0 spiro atoms. The van der Waals surface area contributed by atoms with Gasteiger partial charge in [0.05, 0.1) is 42.9 Å². The molecule has 6 rings (SSSR count). The number of nitrogens with one attached hydrogen (secondary N) is 3. The molecule has 0 radical (unpaired) electrons. The number of imidazole rings is 1. The summed E-state index contributed by atoms with van der Waals surface area (Å²) in [7, 11) is 1.64. The number of nitrogens with zero attached hydrogens (tertiary/aromatic N) is 4. The number of halogens is 1.